The summed E-state index contributed by atoms with van der Waals surface area (Å²) in [5.74, 6) is -0.298. The Bertz CT molecular complexity index is 499. The maximum atomic E-state index is 12.3. The number of nitrogens with zero attached hydrogens (tertiary/aromatic N) is 3. The van der Waals surface area contributed by atoms with E-state index in [9.17, 15) is 9.59 Å². The summed E-state index contributed by atoms with van der Waals surface area (Å²) < 4.78 is 5.76. The van der Waals surface area contributed by atoms with Crippen LogP contribution in [0, 0.1) is 0 Å². The van der Waals surface area contributed by atoms with Gasteiger partial charge in [0.05, 0.1) is 13.1 Å². The number of carbonyl (C=O) groups is 2. The van der Waals surface area contributed by atoms with E-state index in [0.29, 0.717) is 13.1 Å². The van der Waals surface area contributed by atoms with Crippen LogP contribution in [-0.2, 0) is 9.53 Å². The van der Waals surface area contributed by atoms with Gasteiger partial charge in [0.1, 0.15) is 5.60 Å². The predicted molar refractivity (Wildman–Crippen MR) is 99.8 cm³/mol. The van der Waals surface area contributed by atoms with Gasteiger partial charge in [-0.25, -0.2) is 4.79 Å². The Hall–Kier alpha value is -1.34. The van der Waals surface area contributed by atoms with Crippen molar-refractivity contribution in [1.82, 2.24) is 14.7 Å². The molecule has 1 spiro atoms. The Kier molecular flexibility index (Phi) is 6.40. The highest BCUT2D eigenvalue weighted by atomic mass is 16.6. The average Bonchev–Trinajstić information content (AvgIpc) is 2.93. The number of hydrogen-bond acceptors (Lipinski definition) is 5. The van der Waals surface area contributed by atoms with Crippen molar-refractivity contribution in [1.29, 1.82) is 0 Å². The van der Waals surface area contributed by atoms with E-state index < -0.39 is 0 Å². The normalized spacial score (nSPS) is 24.4. The largest absolute Gasteiger partial charge is 0.441 e. The van der Waals surface area contributed by atoms with Crippen molar-refractivity contribution in [2.24, 2.45) is 5.73 Å². The monoisotopic (exact) mass is 366 g/mol. The van der Waals surface area contributed by atoms with E-state index >= 15 is 0 Å². The number of nitrogens with two attached hydrogens (primary N) is 1. The molecular weight excluding hydrogens is 332 g/mol. The molecule has 0 aromatic heterocycles. The molecule has 2 aliphatic heterocycles. The molecule has 0 aromatic rings. The first-order valence-corrected chi connectivity index (χ1v) is 10.2. The predicted octanol–water partition coefficient (Wildman–Crippen LogP) is 1.41. The van der Waals surface area contributed by atoms with E-state index in [1.807, 2.05) is 9.80 Å². The van der Waals surface area contributed by atoms with Gasteiger partial charge >= 0.3 is 6.09 Å². The minimum atomic E-state index is -0.361. The summed E-state index contributed by atoms with van der Waals surface area (Å²) in [7, 11) is 2.22. The van der Waals surface area contributed by atoms with E-state index in [-0.39, 0.29) is 17.6 Å². The molecule has 2 heterocycles. The van der Waals surface area contributed by atoms with Crippen molar-refractivity contribution in [2.45, 2.75) is 63.0 Å². The topological polar surface area (TPSA) is 79.1 Å². The Labute approximate surface area is 156 Å². The second-order valence-electron chi connectivity index (χ2n) is 8.34. The van der Waals surface area contributed by atoms with Gasteiger partial charge in [0.2, 0.25) is 5.91 Å². The molecule has 0 radical (unpaired) electrons. The Morgan fingerprint density at radius 1 is 1.27 bits per heavy atom. The quantitative estimate of drug-likeness (QED) is 0.737. The fourth-order valence-electron chi connectivity index (χ4n) is 4.68. The smallest absolute Gasteiger partial charge is 0.410 e. The van der Waals surface area contributed by atoms with Gasteiger partial charge in [-0.15, -0.1) is 0 Å². The first kappa shape index (κ1) is 19.4. The van der Waals surface area contributed by atoms with Crippen LogP contribution in [-0.4, -0.2) is 84.7 Å². The van der Waals surface area contributed by atoms with Gasteiger partial charge < -0.3 is 20.3 Å². The van der Waals surface area contributed by atoms with Crippen LogP contribution >= 0.6 is 0 Å². The van der Waals surface area contributed by atoms with Crippen LogP contribution in [0.1, 0.15) is 51.4 Å². The number of hydrogen-bond donors (Lipinski definition) is 1. The third kappa shape index (κ3) is 4.88. The van der Waals surface area contributed by atoms with Gasteiger partial charge in [-0.05, 0) is 32.9 Å². The lowest BCUT2D eigenvalue weighted by Gasteiger charge is -2.36. The van der Waals surface area contributed by atoms with Crippen LogP contribution in [0.25, 0.3) is 0 Å². The van der Waals surface area contributed by atoms with Gasteiger partial charge in [0.25, 0.3) is 0 Å². The minimum Gasteiger partial charge on any atom is -0.441 e. The summed E-state index contributed by atoms with van der Waals surface area (Å²) in [6, 6.07) is 0.718. The Morgan fingerprint density at radius 3 is 2.62 bits per heavy atom. The van der Waals surface area contributed by atoms with E-state index in [1.165, 1.54) is 32.1 Å². The molecule has 148 valence electrons. The molecule has 0 aromatic carbocycles. The highest BCUT2D eigenvalue weighted by Gasteiger charge is 2.46. The average molecular weight is 367 g/mol. The Morgan fingerprint density at radius 2 is 1.96 bits per heavy atom. The van der Waals surface area contributed by atoms with Crippen LogP contribution < -0.4 is 5.73 Å². The fraction of sp³-hybridized carbons (Fsp3) is 0.895. The second-order valence-corrected chi connectivity index (χ2v) is 8.34. The van der Waals surface area contributed by atoms with E-state index in [2.05, 4.69) is 11.9 Å². The van der Waals surface area contributed by atoms with Crippen LogP contribution in [0.3, 0.4) is 0 Å². The lowest BCUT2D eigenvalue weighted by molar-refractivity contribution is -0.120. The van der Waals surface area contributed by atoms with Gasteiger partial charge in [0, 0.05) is 38.5 Å². The van der Waals surface area contributed by atoms with Crippen molar-refractivity contribution >= 4 is 12.0 Å². The molecule has 3 fully saturated rings. The number of piperidine rings is 1. The zero-order valence-electron chi connectivity index (χ0n) is 16.1. The molecular formula is C19H34N4O3. The van der Waals surface area contributed by atoms with E-state index in [0.717, 1.165) is 51.5 Å². The third-order valence-corrected chi connectivity index (χ3v) is 6.32. The molecule has 7 heteroatoms. The molecule has 3 aliphatic rings. The number of rotatable bonds is 7. The summed E-state index contributed by atoms with van der Waals surface area (Å²) >= 11 is 0. The number of carbonyl (C=O) groups excluding carboxylic acids is 2. The molecule has 3 rings (SSSR count). The molecule has 1 saturated carbocycles. The Balaban J connectivity index is 1.40. The van der Waals surface area contributed by atoms with Crippen LogP contribution in [0.2, 0.25) is 0 Å². The first-order valence-electron chi connectivity index (χ1n) is 10.2. The SMILES string of the molecule is CN(CCCN1CC2(CCN(CC(N)=O)CC2)OC1=O)C1CCCCC1. The zero-order valence-corrected chi connectivity index (χ0v) is 16.1. The minimum absolute atomic E-state index is 0.173. The zero-order chi connectivity index (χ0) is 18.6. The van der Waals surface area contributed by atoms with Crippen LogP contribution in [0.15, 0.2) is 0 Å². The summed E-state index contributed by atoms with van der Waals surface area (Å²) in [5.41, 5.74) is 4.91. The van der Waals surface area contributed by atoms with Crippen molar-refractivity contribution in [3.05, 3.63) is 0 Å². The molecule has 0 unspecified atom stereocenters. The highest BCUT2D eigenvalue weighted by Crippen LogP contribution is 2.33. The molecule has 7 nitrogen and oxygen atoms in total. The fourth-order valence-corrected chi connectivity index (χ4v) is 4.68. The van der Waals surface area contributed by atoms with E-state index in [1.54, 1.807) is 0 Å². The van der Waals surface area contributed by atoms with Gasteiger partial charge in [-0.3, -0.25) is 9.69 Å². The van der Waals surface area contributed by atoms with Crippen molar-refractivity contribution in [3.63, 3.8) is 0 Å². The van der Waals surface area contributed by atoms with Gasteiger partial charge in [0.15, 0.2) is 0 Å². The van der Waals surface area contributed by atoms with Crippen molar-refractivity contribution in [2.75, 3.05) is 46.3 Å². The number of likely N-dealkylation sites (tertiary alicyclic amines) is 1. The molecule has 2 saturated heterocycles. The maximum absolute atomic E-state index is 12.3. The van der Waals surface area contributed by atoms with Crippen molar-refractivity contribution in [3.8, 4) is 0 Å². The molecule has 26 heavy (non-hydrogen) atoms. The summed E-state index contributed by atoms with van der Waals surface area (Å²) in [6.07, 6.45) is 9.09. The van der Waals surface area contributed by atoms with Crippen LogP contribution in [0.5, 0.6) is 0 Å². The maximum Gasteiger partial charge on any atom is 0.410 e. The lowest BCUT2D eigenvalue weighted by Crippen LogP contribution is -2.48. The molecule has 0 atom stereocenters. The van der Waals surface area contributed by atoms with Crippen LogP contribution in [0.4, 0.5) is 4.79 Å². The molecule has 2 N–H and O–H groups in total. The number of amides is 2. The molecule has 0 bridgehead atoms. The molecule has 1 aliphatic carbocycles. The first-order chi connectivity index (χ1) is 12.5. The molecule has 2 amide bonds. The number of ether oxygens (including phenoxy) is 1. The van der Waals surface area contributed by atoms with E-state index in [4.69, 9.17) is 10.5 Å². The highest BCUT2D eigenvalue weighted by molar-refractivity contribution is 5.76. The third-order valence-electron chi connectivity index (χ3n) is 6.32. The number of primary amides is 1. The summed E-state index contributed by atoms with van der Waals surface area (Å²) in [6.45, 7) is 4.30. The second kappa shape index (κ2) is 8.57. The summed E-state index contributed by atoms with van der Waals surface area (Å²) in [4.78, 5) is 29.7. The lowest BCUT2D eigenvalue weighted by atomic mass is 9.91. The van der Waals surface area contributed by atoms with Gasteiger partial charge in [-0.2, -0.15) is 0 Å². The standard InChI is InChI=1S/C19H34N4O3/c1-21(16-6-3-2-4-7-16)10-5-11-23-15-19(26-18(23)25)8-12-22(13-9-19)14-17(20)24/h16H,2-15H2,1H3,(H2,20,24). The van der Waals surface area contributed by atoms with Crippen molar-refractivity contribution < 1.29 is 14.3 Å². The summed E-state index contributed by atoms with van der Waals surface area (Å²) in [5, 5.41) is 0. The van der Waals surface area contributed by atoms with Gasteiger partial charge in [-0.1, -0.05) is 19.3 Å².